The van der Waals surface area contributed by atoms with E-state index < -0.39 is 36.1 Å². The average Bonchev–Trinajstić information content (AvgIpc) is 3.18. The molecule has 2 fully saturated rings. The third-order valence-corrected chi connectivity index (χ3v) is 11.5. The van der Waals surface area contributed by atoms with Crippen LogP contribution in [0.15, 0.2) is 0 Å². The first-order valence-electron chi connectivity index (χ1n) is 22.5. The standard InChI is InChI=1S/C44H80N2O8/c1-5-9-23-37(7-3)25-13-19-35-51-43(49)41(53-39(47)27-21-33-45-29-15-11-16-30-45)42(54-40(48)28-22-34-46-31-17-12-18-32-46)44(50)52-36-20-14-26-38(8-4)24-10-6-2/h37-38,41-42H,5-36H2,1-4H3. The molecule has 0 radical (unpaired) electrons. The molecule has 0 aromatic carbocycles. The third-order valence-electron chi connectivity index (χ3n) is 11.5. The van der Waals surface area contributed by atoms with E-state index in [4.69, 9.17) is 18.9 Å². The Hall–Kier alpha value is -2.20. The number of piperidine rings is 2. The molecule has 2 heterocycles. The molecule has 4 atom stereocenters. The van der Waals surface area contributed by atoms with Gasteiger partial charge in [0.1, 0.15) is 0 Å². The van der Waals surface area contributed by atoms with Gasteiger partial charge in [0, 0.05) is 12.8 Å². The van der Waals surface area contributed by atoms with Crippen LogP contribution in [0.4, 0.5) is 0 Å². The van der Waals surface area contributed by atoms with Crippen LogP contribution in [0.25, 0.3) is 0 Å². The van der Waals surface area contributed by atoms with Crippen molar-refractivity contribution in [2.45, 2.75) is 194 Å². The second kappa shape index (κ2) is 31.0. The summed E-state index contributed by atoms with van der Waals surface area (Å²) in [5.74, 6) is -1.68. The molecule has 0 aromatic rings. The van der Waals surface area contributed by atoms with Crippen molar-refractivity contribution in [1.29, 1.82) is 0 Å². The average molecular weight is 765 g/mol. The van der Waals surface area contributed by atoms with Gasteiger partial charge < -0.3 is 28.7 Å². The molecule has 2 aliphatic heterocycles. The fourth-order valence-corrected chi connectivity index (χ4v) is 7.80. The molecule has 0 bridgehead atoms. The van der Waals surface area contributed by atoms with Crippen molar-refractivity contribution >= 4 is 23.9 Å². The predicted octanol–water partition coefficient (Wildman–Crippen LogP) is 9.20. The van der Waals surface area contributed by atoms with Crippen molar-refractivity contribution < 1.29 is 38.1 Å². The summed E-state index contributed by atoms with van der Waals surface area (Å²) < 4.78 is 22.8. The van der Waals surface area contributed by atoms with Crippen LogP contribution in [0, 0.1) is 11.8 Å². The van der Waals surface area contributed by atoms with E-state index in [0.717, 1.165) is 103 Å². The Labute approximate surface area is 329 Å². The van der Waals surface area contributed by atoms with E-state index in [1.165, 1.54) is 51.4 Å². The van der Waals surface area contributed by atoms with E-state index in [-0.39, 0.29) is 26.1 Å². The number of hydrogen-bond acceptors (Lipinski definition) is 10. The van der Waals surface area contributed by atoms with Gasteiger partial charge in [-0.05, 0) is 115 Å². The number of likely N-dealkylation sites (tertiary alicyclic amines) is 2. The van der Waals surface area contributed by atoms with Gasteiger partial charge in [-0.2, -0.15) is 0 Å². The van der Waals surface area contributed by atoms with Crippen LogP contribution in [0.2, 0.25) is 0 Å². The molecule has 0 amide bonds. The first kappa shape index (κ1) is 48.0. The van der Waals surface area contributed by atoms with E-state index in [1.54, 1.807) is 0 Å². The molecule has 2 rings (SSSR count). The van der Waals surface area contributed by atoms with Crippen LogP contribution in [0.1, 0.15) is 182 Å². The summed E-state index contributed by atoms with van der Waals surface area (Å²) in [4.78, 5) is 58.6. The highest BCUT2D eigenvalue weighted by molar-refractivity contribution is 5.89. The lowest BCUT2D eigenvalue weighted by Crippen LogP contribution is -2.47. The Morgan fingerprint density at radius 1 is 0.481 bits per heavy atom. The molecular weight excluding hydrogens is 684 g/mol. The van der Waals surface area contributed by atoms with Crippen molar-refractivity contribution in [3.63, 3.8) is 0 Å². The first-order chi connectivity index (χ1) is 26.3. The van der Waals surface area contributed by atoms with Gasteiger partial charge in [0.2, 0.25) is 12.2 Å². The quantitative estimate of drug-likeness (QED) is 0.0385. The van der Waals surface area contributed by atoms with Gasteiger partial charge in [-0.3, -0.25) is 9.59 Å². The number of hydrogen-bond donors (Lipinski definition) is 0. The molecule has 0 aromatic heterocycles. The molecule has 2 aliphatic rings. The van der Waals surface area contributed by atoms with Crippen LogP contribution >= 0.6 is 0 Å². The van der Waals surface area contributed by atoms with Crippen LogP contribution in [0.5, 0.6) is 0 Å². The minimum Gasteiger partial charge on any atom is -0.463 e. The van der Waals surface area contributed by atoms with Crippen molar-refractivity contribution in [2.75, 3.05) is 52.5 Å². The Morgan fingerprint density at radius 2 is 0.852 bits per heavy atom. The molecule has 4 unspecified atom stereocenters. The molecule has 0 spiro atoms. The summed E-state index contributed by atoms with van der Waals surface area (Å²) in [6.07, 6.45) is 19.6. The molecule has 314 valence electrons. The van der Waals surface area contributed by atoms with Gasteiger partial charge in [-0.1, -0.05) is 105 Å². The smallest absolute Gasteiger partial charge is 0.352 e. The fourth-order valence-electron chi connectivity index (χ4n) is 7.80. The van der Waals surface area contributed by atoms with Crippen LogP contribution < -0.4 is 0 Å². The highest BCUT2D eigenvalue weighted by Gasteiger charge is 2.42. The minimum absolute atomic E-state index is 0.0820. The van der Waals surface area contributed by atoms with Crippen molar-refractivity contribution in [2.24, 2.45) is 11.8 Å². The largest absolute Gasteiger partial charge is 0.463 e. The van der Waals surface area contributed by atoms with Gasteiger partial charge in [0.15, 0.2) is 0 Å². The van der Waals surface area contributed by atoms with Gasteiger partial charge in [0.25, 0.3) is 0 Å². The van der Waals surface area contributed by atoms with Crippen molar-refractivity contribution in [3.8, 4) is 0 Å². The minimum atomic E-state index is -1.72. The van der Waals surface area contributed by atoms with Gasteiger partial charge in [0.05, 0.1) is 13.2 Å². The highest BCUT2D eigenvalue weighted by Crippen LogP contribution is 2.22. The second-order valence-electron chi connectivity index (χ2n) is 16.0. The summed E-state index contributed by atoms with van der Waals surface area (Å²) in [6, 6.07) is 0. The number of carbonyl (C=O) groups excluding carboxylic acids is 4. The third kappa shape index (κ3) is 21.8. The fraction of sp³-hybridized carbons (Fsp3) is 0.909. The van der Waals surface area contributed by atoms with Crippen molar-refractivity contribution in [1.82, 2.24) is 9.80 Å². The summed E-state index contributed by atoms with van der Waals surface area (Å²) in [5.41, 5.74) is 0. The summed E-state index contributed by atoms with van der Waals surface area (Å²) in [6.45, 7) is 14.7. The van der Waals surface area contributed by atoms with Crippen LogP contribution in [-0.4, -0.2) is 98.4 Å². The maximum Gasteiger partial charge on any atom is 0.352 e. The highest BCUT2D eigenvalue weighted by atomic mass is 16.6. The maximum absolute atomic E-state index is 13.7. The molecule has 2 saturated heterocycles. The topological polar surface area (TPSA) is 112 Å². The van der Waals surface area contributed by atoms with E-state index in [2.05, 4.69) is 37.5 Å². The SMILES string of the molecule is CCCCC(CC)CCCCOC(=O)C(OC(=O)CCCN1CCCCC1)C(OC(=O)CCCN1CCCCC1)C(=O)OCCCCC(CC)CCCC. The van der Waals surface area contributed by atoms with Gasteiger partial charge >= 0.3 is 23.9 Å². The molecule has 10 heteroatoms. The van der Waals surface area contributed by atoms with Gasteiger partial charge in [-0.15, -0.1) is 0 Å². The molecule has 54 heavy (non-hydrogen) atoms. The Kier molecular flexibility index (Phi) is 27.5. The Bertz CT molecular complexity index is 919. The van der Waals surface area contributed by atoms with E-state index in [9.17, 15) is 19.2 Å². The first-order valence-corrected chi connectivity index (χ1v) is 22.5. The van der Waals surface area contributed by atoms with Crippen LogP contribution in [-0.2, 0) is 38.1 Å². The normalized spacial score (nSPS) is 17.6. The Balaban J connectivity index is 2.11. The molecule has 10 nitrogen and oxygen atoms in total. The zero-order valence-corrected chi connectivity index (χ0v) is 35.1. The molecule has 0 aliphatic carbocycles. The number of rotatable bonds is 31. The zero-order chi connectivity index (χ0) is 39.2. The lowest BCUT2D eigenvalue weighted by atomic mass is 9.94. The monoisotopic (exact) mass is 765 g/mol. The summed E-state index contributed by atoms with van der Waals surface area (Å²) in [5, 5.41) is 0. The Morgan fingerprint density at radius 3 is 1.20 bits per heavy atom. The lowest BCUT2D eigenvalue weighted by Gasteiger charge is -2.27. The summed E-state index contributed by atoms with van der Waals surface area (Å²) >= 11 is 0. The van der Waals surface area contributed by atoms with E-state index in [0.29, 0.717) is 37.5 Å². The number of carbonyl (C=O) groups is 4. The second-order valence-corrected chi connectivity index (χ2v) is 16.0. The number of nitrogens with zero attached hydrogens (tertiary/aromatic N) is 2. The number of ether oxygens (including phenoxy) is 4. The van der Waals surface area contributed by atoms with Crippen molar-refractivity contribution in [3.05, 3.63) is 0 Å². The summed E-state index contributed by atoms with van der Waals surface area (Å²) in [7, 11) is 0. The number of esters is 4. The number of unbranched alkanes of at least 4 members (excludes halogenated alkanes) is 4. The van der Waals surface area contributed by atoms with Crippen LogP contribution in [0.3, 0.4) is 0 Å². The molecule has 0 N–H and O–H groups in total. The molecule has 0 saturated carbocycles. The predicted molar refractivity (Wildman–Crippen MR) is 215 cm³/mol. The van der Waals surface area contributed by atoms with E-state index >= 15 is 0 Å². The maximum atomic E-state index is 13.7. The lowest BCUT2D eigenvalue weighted by molar-refractivity contribution is -0.192. The molecular formula is C44H80N2O8. The van der Waals surface area contributed by atoms with Gasteiger partial charge in [-0.25, -0.2) is 9.59 Å². The zero-order valence-electron chi connectivity index (χ0n) is 35.1. The van der Waals surface area contributed by atoms with E-state index in [1.807, 2.05) is 0 Å².